The van der Waals surface area contributed by atoms with Crippen LogP contribution in [0.15, 0.2) is 24.3 Å². The lowest BCUT2D eigenvalue weighted by atomic mass is 9.94. The summed E-state index contributed by atoms with van der Waals surface area (Å²) >= 11 is 0. The van der Waals surface area contributed by atoms with Crippen molar-refractivity contribution in [2.45, 2.75) is 45.4 Å². The summed E-state index contributed by atoms with van der Waals surface area (Å²) < 4.78 is 5.09. The van der Waals surface area contributed by atoms with Crippen LogP contribution in [0.5, 0.6) is 5.75 Å². The Labute approximate surface area is 143 Å². The Morgan fingerprint density at radius 1 is 1.25 bits per heavy atom. The number of carbonyl (C=O) groups is 2. The van der Waals surface area contributed by atoms with Gasteiger partial charge in [-0.2, -0.15) is 0 Å². The average Bonchev–Trinajstić information content (AvgIpc) is 3.07. The molecule has 0 aromatic heterocycles. The Hall–Kier alpha value is -2.04. The van der Waals surface area contributed by atoms with E-state index in [1.54, 1.807) is 12.1 Å². The first-order chi connectivity index (χ1) is 11.5. The third kappa shape index (κ3) is 6.22. The molecular weight excluding hydrogens is 306 g/mol. The molecule has 24 heavy (non-hydrogen) atoms. The molecule has 5 heteroatoms. The van der Waals surface area contributed by atoms with Crippen molar-refractivity contribution in [3.63, 3.8) is 0 Å². The topological polar surface area (TPSA) is 75.6 Å². The molecular formula is C19H27NO4. The number of carbonyl (C=O) groups excluding carboxylic acids is 1. The summed E-state index contributed by atoms with van der Waals surface area (Å²) in [5.41, 5.74) is 1.08. The van der Waals surface area contributed by atoms with E-state index in [1.807, 2.05) is 19.1 Å². The number of rotatable bonds is 9. The van der Waals surface area contributed by atoms with Crippen molar-refractivity contribution >= 4 is 11.9 Å². The van der Waals surface area contributed by atoms with E-state index in [1.165, 1.54) is 25.7 Å². The largest absolute Gasteiger partial charge is 0.482 e. The lowest BCUT2D eigenvalue weighted by Crippen LogP contribution is -2.31. The summed E-state index contributed by atoms with van der Waals surface area (Å²) in [4.78, 5) is 22.6. The fourth-order valence-corrected chi connectivity index (χ4v) is 3.25. The van der Waals surface area contributed by atoms with Crippen LogP contribution in [0.3, 0.4) is 0 Å². The number of nitrogens with one attached hydrogen (secondary N) is 1. The van der Waals surface area contributed by atoms with Crippen molar-refractivity contribution in [2.24, 2.45) is 11.8 Å². The van der Waals surface area contributed by atoms with E-state index in [-0.39, 0.29) is 18.4 Å². The predicted molar refractivity (Wildman–Crippen MR) is 92.0 cm³/mol. The Morgan fingerprint density at radius 3 is 2.54 bits per heavy atom. The van der Waals surface area contributed by atoms with Crippen LogP contribution >= 0.6 is 0 Å². The molecule has 0 spiro atoms. The van der Waals surface area contributed by atoms with Gasteiger partial charge in [0.25, 0.3) is 0 Å². The summed E-state index contributed by atoms with van der Waals surface area (Å²) in [6.07, 6.45) is 6.92. The number of amides is 1. The predicted octanol–water partition coefficient (Wildman–Crippen LogP) is 3.03. The normalized spacial score (nSPS) is 15.9. The van der Waals surface area contributed by atoms with E-state index in [9.17, 15) is 9.59 Å². The SMILES string of the molecule is CC(CC1CCCC1)C(=O)NCCc1ccc(OCC(=O)O)cc1. The zero-order valence-corrected chi connectivity index (χ0v) is 14.3. The number of hydrogen-bond acceptors (Lipinski definition) is 3. The van der Waals surface area contributed by atoms with Crippen LogP contribution in [-0.4, -0.2) is 30.1 Å². The van der Waals surface area contributed by atoms with Crippen molar-refractivity contribution in [2.75, 3.05) is 13.2 Å². The lowest BCUT2D eigenvalue weighted by Gasteiger charge is -2.16. The Kier molecular flexibility index (Phi) is 7.09. The summed E-state index contributed by atoms with van der Waals surface area (Å²) in [6, 6.07) is 7.29. The third-order valence-corrected chi connectivity index (χ3v) is 4.61. The Bertz CT molecular complexity index is 535. The molecule has 2 N–H and O–H groups in total. The van der Waals surface area contributed by atoms with Gasteiger partial charge < -0.3 is 15.2 Å². The molecule has 1 atom stereocenters. The lowest BCUT2D eigenvalue weighted by molar-refractivity contribution is -0.139. The van der Waals surface area contributed by atoms with Gasteiger partial charge in [-0.15, -0.1) is 0 Å². The first kappa shape index (κ1) is 18.3. The highest BCUT2D eigenvalue weighted by Crippen LogP contribution is 2.30. The number of aliphatic carboxylic acids is 1. The van der Waals surface area contributed by atoms with Gasteiger partial charge in [-0.05, 0) is 36.5 Å². The van der Waals surface area contributed by atoms with Crippen LogP contribution in [0, 0.1) is 11.8 Å². The highest BCUT2D eigenvalue weighted by atomic mass is 16.5. The highest BCUT2D eigenvalue weighted by molar-refractivity contribution is 5.78. The van der Waals surface area contributed by atoms with Crippen molar-refractivity contribution in [3.05, 3.63) is 29.8 Å². The van der Waals surface area contributed by atoms with E-state index in [0.717, 1.165) is 24.3 Å². The van der Waals surface area contributed by atoms with Crippen LogP contribution in [0.1, 0.15) is 44.6 Å². The molecule has 132 valence electrons. The zero-order chi connectivity index (χ0) is 17.4. The number of carboxylic acid groups (broad SMARTS) is 1. The molecule has 0 heterocycles. The van der Waals surface area contributed by atoms with Gasteiger partial charge in [0.2, 0.25) is 5.91 Å². The minimum Gasteiger partial charge on any atom is -0.482 e. The molecule has 1 aromatic carbocycles. The van der Waals surface area contributed by atoms with Gasteiger partial charge in [-0.25, -0.2) is 4.79 Å². The smallest absolute Gasteiger partial charge is 0.341 e. The monoisotopic (exact) mass is 333 g/mol. The maximum Gasteiger partial charge on any atom is 0.341 e. The second kappa shape index (κ2) is 9.30. The molecule has 1 fully saturated rings. The first-order valence-corrected chi connectivity index (χ1v) is 8.76. The van der Waals surface area contributed by atoms with Gasteiger partial charge >= 0.3 is 5.97 Å². The van der Waals surface area contributed by atoms with Crippen LogP contribution in [0.4, 0.5) is 0 Å². The quantitative estimate of drug-likeness (QED) is 0.728. The standard InChI is InChI=1S/C19H27NO4/c1-14(12-16-4-2-3-5-16)19(23)20-11-10-15-6-8-17(9-7-15)24-13-18(21)22/h6-9,14,16H,2-5,10-13H2,1H3,(H,20,23)(H,21,22). The average molecular weight is 333 g/mol. The molecule has 1 aliphatic carbocycles. The highest BCUT2D eigenvalue weighted by Gasteiger charge is 2.21. The number of carboxylic acids is 1. The minimum absolute atomic E-state index is 0.0832. The molecule has 1 aromatic rings. The van der Waals surface area contributed by atoms with E-state index >= 15 is 0 Å². The van der Waals surface area contributed by atoms with Crippen molar-refractivity contribution in [1.82, 2.24) is 5.32 Å². The molecule has 0 saturated heterocycles. The van der Waals surface area contributed by atoms with Crippen LogP contribution in [0.25, 0.3) is 0 Å². The summed E-state index contributed by atoms with van der Waals surface area (Å²) in [5.74, 6) is 0.496. The second-order valence-electron chi connectivity index (χ2n) is 6.65. The molecule has 0 bridgehead atoms. The van der Waals surface area contributed by atoms with Crippen LogP contribution < -0.4 is 10.1 Å². The van der Waals surface area contributed by atoms with Gasteiger partial charge in [0.05, 0.1) is 0 Å². The van der Waals surface area contributed by atoms with Gasteiger partial charge in [0.1, 0.15) is 5.75 Å². The molecule has 0 aliphatic heterocycles. The van der Waals surface area contributed by atoms with E-state index < -0.39 is 5.97 Å². The van der Waals surface area contributed by atoms with E-state index in [4.69, 9.17) is 9.84 Å². The number of benzene rings is 1. The zero-order valence-electron chi connectivity index (χ0n) is 14.3. The van der Waals surface area contributed by atoms with Gasteiger partial charge in [-0.1, -0.05) is 44.7 Å². The molecule has 1 unspecified atom stereocenters. The minimum atomic E-state index is -0.992. The molecule has 0 radical (unpaired) electrons. The molecule has 5 nitrogen and oxygen atoms in total. The van der Waals surface area contributed by atoms with Crippen LogP contribution in [-0.2, 0) is 16.0 Å². The van der Waals surface area contributed by atoms with Crippen molar-refractivity contribution in [1.29, 1.82) is 0 Å². The van der Waals surface area contributed by atoms with Crippen LogP contribution in [0.2, 0.25) is 0 Å². The molecule has 2 rings (SSSR count). The van der Waals surface area contributed by atoms with Gasteiger partial charge in [-0.3, -0.25) is 4.79 Å². The Morgan fingerprint density at radius 2 is 1.92 bits per heavy atom. The van der Waals surface area contributed by atoms with Crippen molar-refractivity contribution < 1.29 is 19.4 Å². The number of ether oxygens (including phenoxy) is 1. The summed E-state index contributed by atoms with van der Waals surface area (Å²) in [7, 11) is 0. The molecule has 1 amide bonds. The maximum atomic E-state index is 12.1. The van der Waals surface area contributed by atoms with Gasteiger partial charge in [0, 0.05) is 12.5 Å². The number of hydrogen-bond donors (Lipinski definition) is 2. The fourth-order valence-electron chi connectivity index (χ4n) is 3.25. The Balaban J connectivity index is 1.67. The second-order valence-corrected chi connectivity index (χ2v) is 6.65. The first-order valence-electron chi connectivity index (χ1n) is 8.76. The summed E-state index contributed by atoms with van der Waals surface area (Å²) in [5, 5.41) is 11.6. The van der Waals surface area contributed by atoms with E-state index in [0.29, 0.717) is 12.3 Å². The molecule has 1 aliphatic rings. The fraction of sp³-hybridized carbons (Fsp3) is 0.579. The van der Waals surface area contributed by atoms with Crippen molar-refractivity contribution in [3.8, 4) is 5.75 Å². The molecule has 1 saturated carbocycles. The maximum absolute atomic E-state index is 12.1. The summed E-state index contributed by atoms with van der Waals surface area (Å²) in [6.45, 7) is 2.29. The third-order valence-electron chi connectivity index (χ3n) is 4.61. The van der Waals surface area contributed by atoms with E-state index in [2.05, 4.69) is 5.32 Å². The van der Waals surface area contributed by atoms with Gasteiger partial charge in [0.15, 0.2) is 6.61 Å².